The topological polar surface area (TPSA) is 68.7 Å². The molecule has 0 atom stereocenters. The maximum absolute atomic E-state index is 12.1. The van der Waals surface area contributed by atoms with E-state index in [0.717, 1.165) is 22.6 Å². The monoisotopic (exact) mass is 280 g/mol. The predicted molar refractivity (Wildman–Crippen MR) is 76.2 cm³/mol. The fraction of sp³-hybridized carbons (Fsp3) is 0.667. The summed E-state index contributed by atoms with van der Waals surface area (Å²) >= 11 is 0. The van der Waals surface area contributed by atoms with Crippen LogP contribution in [0.2, 0.25) is 0 Å². The SMILES string of the molecule is CC(C)c1oc2c(c1CN)CN(C(=O)OC(C)(C)C)C2. The summed E-state index contributed by atoms with van der Waals surface area (Å²) in [5.41, 5.74) is 7.45. The van der Waals surface area contributed by atoms with Crippen molar-refractivity contribution >= 4 is 6.09 Å². The summed E-state index contributed by atoms with van der Waals surface area (Å²) in [6.07, 6.45) is -0.307. The molecule has 1 amide bonds. The number of ether oxygens (including phenoxy) is 1. The third-order valence-electron chi connectivity index (χ3n) is 3.30. The summed E-state index contributed by atoms with van der Waals surface area (Å²) in [4.78, 5) is 13.7. The molecule has 1 aromatic rings. The molecule has 5 heteroatoms. The second kappa shape index (κ2) is 5.13. The molecule has 2 N–H and O–H groups in total. The van der Waals surface area contributed by atoms with Gasteiger partial charge in [0.05, 0.1) is 13.1 Å². The van der Waals surface area contributed by atoms with Crippen LogP contribution in [0.4, 0.5) is 4.79 Å². The Morgan fingerprint density at radius 2 is 2.05 bits per heavy atom. The fourth-order valence-corrected chi connectivity index (χ4v) is 2.45. The lowest BCUT2D eigenvalue weighted by atomic mass is 10.0. The van der Waals surface area contributed by atoms with Gasteiger partial charge in [0.15, 0.2) is 0 Å². The molecule has 0 saturated carbocycles. The molecule has 0 aromatic carbocycles. The highest BCUT2D eigenvalue weighted by Gasteiger charge is 2.33. The average molecular weight is 280 g/mol. The van der Waals surface area contributed by atoms with Gasteiger partial charge >= 0.3 is 6.09 Å². The van der Waals surface area contributed by atoms with Crippen molar-refractivity contribution in [2.45, 2.75) is 65.8 Å². The van der Waals surface area contributed by atoms with Crippen molar-refractivity contribution in [3.8, 4) is 0 Å². The lowest BCUT2D eigenvalue weighted by molar-refractivity contribution is 0.0233. The Bertz CT molecular complexity index is 512. The van der Waals surface area contributed by atoms with Crippen LogP contribution in [0.15, 0.2) is 4.42 Å². The molecule has 0 radical (unpaired) electrons. The van der Waals surface area contributed by atoms with E-state index in [1.165, 1.54) is 0 Å². The van der Waals surface area contributed by atoms with E-state index in [1.54, 1.807) is 4.90 Å². The molecule has 2 rings (SSSR count). The van der Waals surface area contributed by atoms with Crippen molar-refractivity contribution < 1.29 is 13.9 Å². The number of fused-ring (bicyclic) bond motifs is 1. The Morgan fingerprint density at radius 1 is 1.40 bits per heavy atom. The van der Waals surface area contributed by atoms with Gasteiger partial charge in [0.25, 0.3) is 0 Å². The molecule has 112 valence electrons. The molecule has 0 saturated heterocycles. The molecule has 1 aromatic heterocycles. The zero-order chi connectivity index (χ0) is 15.1. The second-order valence-electron chi connectivity index (χ2n) is 6.54. The van der Waals surface area contributed by atoms with Crippen LogP contribution in [-0.4, -0.2) is 16.6 Å². The number of furan rings is 1. The van der Waals surface area contributed by atoms with E-state index < -0.39 is 5.60 Å². The van der Waals surface area contributed by atoms with Crippen LogP contribution in [-0.2, 0) is 24.4 Å². The van der Waals surface area contributed by atoms with Gasteiger partial charge in [0.1, 0.15) is 17.1 Å². The Labute approximate surface area is 120 Å². The minimum atomic E-state index is -0.486. The molecular formula is C15H24N2O3. The largest absolute Gasteiger partial charge is 0.463 e. The third kappa shape index (κ3) is 2.82. The van der Waals surface area contributed by atoms with E-state index >= 15 is 0 Å². The Balaban J connectivity index is 2.16. The lowest BCUT2D eigenvalue weighted by Gasteiger charge is -2.24. The number of carbonyl (C=O) groups is 1. The van der Waals surface area contributed by atoms with Gasteiger partial charge < -0.3 is 14.9 Å². The quantitative estimate of drug-likeness (QED) is 0.903. The standard InChI is InChI=1S/C15H24N2O3/c1-9(2)13-10(6-16)11-7-17(8-12(11)19-13)14(18)20-15(3,4)5/h9H,6-8,16H2,1-5H3. The van der Waals surface area contributed by atoms with Crippen LogP contribution in [0, 0.1) is 0 Å². The number of amides is 1. The number of nitrogens with two attached hydrogens (primary N) is 1. The molecule has 0 unspecified atom stereocenters. The minimum absolute atomic E-state index is 0.300. The second-order valence-corrected chi connectivity index (χ2v) is 6.54. The van der Waals surface area contributed by atoms with Gasteiger partial charge in [-0.3, -0.25) is 4.90 Å². The van der Waals surface area contributed by atoms with Crippen LogP contribution >= 0.6 is 0 Å². The maximum atomic E-state index is 12.1. The average Bonchev–Trinajstić information content (AvgIpc) is 2.82. The molecular weight excluding hydrogens is 256 g/mol. The van der Waals surface area contributed by atoms with Crippen molar-refractivity contribution in [1.29, 1.82) is 0 Å². The van der Waals surface area contributed by atoms with E-state index in [9.17, 15) is 4.79 Å². The summed E-state index contributed by atoms with van der Waals surface area (Å²) in [5, 5.41) is 0. The Hall–Kier alpha value is -1.49. The summed E-state index contributed by atoms with van der Waals surface area (Å²) in [5.74, 6) is 2.09. The number of rotatable bonds is 2. The van der Waals surface area contributed by atoms with Gasteiger partial charge in [0.2, 0.25) is 0 Å². The van der Waals surface area contributed by atoms with E-state index in [4.69, 9.17) is 14.9 Å². The Morgan fingerprint density at radius 3 is 2.55 bits per heavy atom. The fourth-order valence-electron chi connectivity index (χ4n) is 2.45. The smallest absolute Gasteiger partial charge is 0.411 e. The molecule has 2 heterocycles. The van der Waals surface area contributed by atoms with E-state index in [1.807, 2.05) is 20.8 Å². The van der Waals surface area contributed by atoms with Crippen molar-refractivity contribution in [1.82, 2.24) is 4.90 Å². The molecule has 1 aliphatic rings. The van der Waals surface area contributed by atoms with Gasteiger partial charge in [0, 0.05) is 23.6 Å². The Kier molecular flexibility index (Phi) is 3.82. The van der Waals surface area contributed by atoms with Crippen LogP contribution in [0.5, 0.6) is 0 Å². The molecule has 20 heavy (non-hydrogen) atoms. The van der Waals surface area contributed by atoms with Gasteiger partial charge in [-0.1, -0.05) is 13.8 Å². The third-order valence-corrected chi connectivity index (χ3v) is 3.30. The van der Waals surface area contributed by atoms with Gasteiger partial charge in [-0.15, -0.1) is 0 Å². The number of hydrogen-bond donors (Lipinski definition) is 1. The van der Waals surface area contributed by atoms with E-state index in [0.29, 0.717) is 25.6 Å². The number of nitrogens with zero attached hydrogens (tertiary/aromatic N) is 1. The summed E-state index contributed by atoms with van der Waals surface area (Å²) in [7, 11) is 0. The van der Waals surface area contributed by atoms with Crippen molar-refractivity contribution in [3.05, 3.63) is 22.6 Å². The van der Waals surface area contributed by atoms with E-state index in [-0.39, 0.29) is 6.09 Å². The highest BCUT2D eigenvalue weighted by molar-refractivity contribution is 5.69. The molecule has 0 bridgehead atoms. The molecule has 0 spiro atoms. The summed E-state index contributed by atoms with van der Waals surface area (Å²) in [6.45, 7) is 11.2. The minimum Gasteiger partial charge on any atom is -0.463 e. The molecule has 0 fully saturated rings. The molecule has 0 aliphatic carbocycles. The predicted octanol–water partition coefficient (Wildman–Crippen LogP) is 3.11. The zero-order valence-corrected chi connectivity index (χ0v) is 12.9. The summed E-state index contributed by atoms with van der Waals surface area (Å²) in [6, 6.07) is 0. The van der Waals surface area contributed by atoms with Crippen LogP contribution in [0.1, 0.15) is 63.2 Å². The first-order valence-electron chi connectivity index (χ1n) is 7.04. The van der Waals surface area contributed by atoms with Crippen molar-refractivity contribution in [2.75, 3.05) is 0 Å². The zero-order valence-electron chi connectivity index (χ0n) is 12.9. The molecule has 5 nitrogen and oxygen atoms in total. The number of hydrogen-bond acceptors (Lipinski definition) is 4. The van der Waals surface area contributed by atoms with Crippen LogP contribution in [0.3, 0.4) is 0 Å². The first-order chi connectivity index (χ1) is 9.23. The highest BCUT2D eigenvalue weighted by atomic mass is 16.6. The maximum Gasteiger partial charge on any atom is 0.411 e. The highest BCUT2D eigenvalue weighted by Crippen LogP contribution is 2.35. The van der Waals surface area contributed by atoms with Crippen LogP contribution in [0.25, 0.3) is 0 Å². The van der Waals surface area contributed by atoms with Crippen molar-refractivity contribution in [3.63, 3.8) is 0 Å². The first kappa shape index (κ1) is 14.9. The normalized spacial score (nSPS) is 14.8. The number of carbonyl (C=O) groups excluding carboxylic acids is 1. The first-order valence-corrected chi connectivity index (χ1v) is 7.04. The van der Waals surface area contributed by atoms with Gasteiger partial charge in [-0.05, 0) is 20.8 Å². The van der Waals surface area contributed by atoms with Gasteiger partial charge in [-0.2, -0.15) is 0 Å². The molecule has 1 aliphatic heterocycles. The summed E-state index contributed by atoms with van der Waals surface area (Å²) < 4.78 is 11.3. The van der Waals surface area contributed by atoms with E-state index in [2.05, 4.69) is 13.8 Å². The lowest BCUT2D eigenvalue weighted by Crippen LogP contribution is -2.33. The van der Waals surface area contributed by atoms with Gasteiger partial charge in [-0.25, -0.2) is 4.79 Å². The van der Waals surface area contributed by atoms with Crippen LogP contribution < -0.4 is 5.73 Å². The van der Waals surface area contributed by atoms with Crippen molar-refractivity contribution in [2.24, 2.45) is 5.73 Å².